The summed E-state index contributed by atoms with van der Waals surface area (Å²) < 4.78 is 40.9. The normalized spacial score (nSPS) is 13.1. The summed E-state index contributed by atoms with van der Waals surface area (Å²) in [6.07, 6.45) is -2.98. The SMILES string of the molecule is CC(=O)Cc1ccccc1Nc1cc(Nc2ccc3c(c2)CC(=O)C3)ncc1C(F)(F)F. The first-order chi connectivity index (χ1) is 15.2. The van der Waals surface area contributed by atoms with E-state index in [1.54, 1.807) is 30.3 Å². The van der Waals surface area contributed by atoms with Gasteiger partial charge in [-0.2, -0.15) is 13.2 Å². The van der Waals surface area contributed by atoms with E-state index in [2.05, 4.69) is 15.6 Å². The Morgan fingerprint density at radius 1 is 1.00 bits per heavy atom. The van der Waals surface area contributed by atoms with Crippen molar-refractivity contribution in [2.45, 2.75) is 32.4 Å². The molecule has 5 nitrogen and oxygen atoms in total. The van der Waals surface area contributed by atoms with Crippen molar-refractivity contribution in [3.63, 3.8) is 0 Å². The number of nitrogens with zero attached hydrogens (tertiary/aromatic N) is 1. The van der Waals surface area contributed by atoms with E-state index in [-0.39, 0.29) is 29.5 Å². The first kappa shape index (κ1) is 21.5. The maximum Gasteiger partial charge on any atom is 0.419 e. The van der Waals surface area contributed by atoms with E-state index in [0.717, 1.165) is 17.3 Å². The van der Waals surface area contributed by atoms with Gasteiger partial charge in [0.25, 0.3) is 0 Å². The van der Waals surface area contributed by atoms with Crippen LogP contribution in [0.2, 0.25) is 0 Å². The largest absolute Gasteiger partial charge is 0.419 e. The number of aromatic nitrogens is 1. The first-order valence-electron chi connectivity index (χ1n) is 10.0. The summed E-state index contributed by atoms with van der Waals surface area (Å²) in [5, 5.41) is 5.85. The molecule has 0 unspecified atom stereocenters. The number of hydrogen-bond donors (Lipinski definition) is 2. The second kappa shape index (κ2) is 8.45. The molecule has 32 heavy (non-hydrogen) atoms. The Labute approximate surface area is 182 Å². The third kappa shape index (κ3) is 4.80. The van der Waals surface area contributed by atoms with Gasteiger partial charge in [0, 0.05) is 42.9 Å². The Kier molecular flexibility index (Phi) is 5.69. The van der Waals surface area contributed by atoms with Crippen molar-refractivity contribution in [2.24, 2.45) is 0 Å². The molecule has 0 bridgehead atoms. The van der Waals surface area contributed by atoms with Crippen molar-refractivity contribution in [1.29, 1.82) is 0 Å². The number of ketones is 2. The van der Waals surface area contributed by atoms with Crippen molar-refractivity contribution in [3.8, 4) is 0 Å². The van der Waals surface area contributed by atoms with Crippen molar-refractivity contribution >= 4 is 34.4 Å². The zero-order valence-electron chi connectivity index (χ0n) is 17.2. The Morgan fingerprint density at radius 3 is 2.50 bits per heavy atom. The van der Waals surface area contributed by atoms with E-state index in [4.69, 9.17) is 0 Å². The van der Waals surface area contributed by atoms with Crippen LogP contribution in [0, 0.1) is 0 Å². The summed E-state index contributed by atoms with van der Waals surface area (Å²) in [5.74, 6) is 0.261. The van der Waals surface area contributed by atoms with E-state index >= 15 is 0 Å². The smallest absolute Gasteiger partial charge is 0.355 e. The average Bonchev–Trinajstić information content (AvgIpc) is 3.08. The second-order valence-corrected chi connectivity index (χ2v) is 7.77. The molecule has 0 radical (unpaired) electrons. The Morgan fingerprint density at radius 2 is 1.75 bits per heavy atom. The average molecular weight is 439 g/mol. The van der Waals surface area contributed by atoms with Crippen LogP contribution in [0.25, 0.3) is 0 Å². The maximum atomic E-state index is 13.6. The van der Waals surface area contributed by atoms with Gasteiger partial charge in [-0.25, -0.2) is 4.98 Å². The van der Waals surface area contributed by atoms with Gasteiger partial charge < -0.3 is 10.6 Å². The van der Waals surface area contributed by atoms with Crippen molar-refractivity contribution in [3.05, 3.63) is 77.0 Å². The highest BCUT2D eigenvalue weighted by molar-refractivity contribution is 5.88. The molecule has 164 valence electrons. The molecule has 0 atom stereocenters. The van der Waals surface area contributed by atoms with Gasteiger partial charge in [-0.3, -0.25) is 9.59 Å². The van der Waals surface area contributed by atoms with Crippen LogP contribution >= 0.6 is 0 Å². The highest BCUT2D eigenvalue weighted by Crippen LogP contribution is 2.38. The Hall–Kier alpha value is -3.68. The number of alkyl halides is 3. The van der Waals surface area contributed by atoms with E-state index < -0.39 is 11.7 Å². The maximum absolute atomic E-state index is 13.6. The van der Waals surface area contributed by atoms with E-state index in [1.165, 1.54) is 13.0 Å². The molecule has 8 heteroatoms. The third-order valence-corrected chi connectivity index (χ3v) is 5.19. The van der Waals surface area contributed by atoms with Gasteiger partial charge in [0.15, 0.2) is 0 Å². The number of nitrogens with one attached hydrogen (secondary N) is 2. The van der Waals surface area contributed by atoms with Crippen molar-refractivity contribution < 1.29 is 22.8 Å². The lowest BCUT2D eigenvalue weighted by molar-refractivity contribution is -0.137. The van der Waals surface area contributed by atoms with E-state index in [0.29, 0.717) is 29.8 Å². The van der Waals surface area contributed by atoms with Crippen LogP contribution in [0.5, 0.6) is 0 Å². The third-order valence-electron chi connectivity index (χ3n) is 5.19. The molecule has 1 aliphatic rings. The van der Waals surface area contributed by atoms with Crippen LogP contribution in [0.3, 0.4) is 0 Å². The molecule has 1 aromatic heterocycles. The molecule has 0 saturated heterocycles. The highest BCUT2D eigenvalue weighted by Gasteiger charge is 2.34. The molecule has 3 aromatic rings. The summed E-state index contributed by atoms with van der Waals surface area (Å²) in [4.78, 5) is 27.1. The molecule has 0 spiro atoms. The zero-order chi connectivity index (χ0) is 22.9. The highest BCUT2D eigenvalue weighted by atomic mass is 19.4. The molecule has 1 aliphatic carbocycles. The molecule has 0 amide bonds. The minimum Gasteiger partial charge on any atom is -0.355 e. The first-order valence-corrected chi connectivity index (χ1v) is 10.0. The van der Waals surface area contributed by atoms with E-state index in [9.17, 15) is 22.8 Å². The van der Waals surface area contributed by atoms with Crippen LogP contribution in [-0.4, -0.2) is 16.6 Å². The summed E-state index contributed by atoms with van der Waals surface area (Å²) in [6.45, 7) is 1.43. The van der Waals surface area contributed by atoms with Crippen LogP contribution in [-0.2, 0) is 35.0 Å². The molecule has 1 heterocycles. The number of halogens is 3. The zero-order valence-corrected chi connectivity index (χ0v) is 17.2. The lowest BCUT2D eigenvalue weighted by Crippen LogP contribution is -2.11. The summed E-state index contributed by atoms with van der Waals surface area (Å²) in [5.41, 5.74) is 2.43. The number of carbonyl (C=O) groups is 2. The number of benzene rings is 2. The number of fused-ring (bicyclic) bond motifs is 1. The molecular formula is C24H20F3N3O2. The summed E-state index contributed by atoms with van der Waals surface area (Å²) in [7, 11) is 0. The lowest BCUT2D eigenvalue weighted by Gasteiger charge is -2.18. The minimum absolute atomic E-state index is 0.0949. The summed E-state index contributed by atoms with van der Waals surface area (Å²) >= 11 is 0. The van der Waals surface area contributed by atoms with Crippen LogP contribution in [0.15, 0.2) is 54.7 Å². The summed E-state index contributed by atoms with van der Waals surface area (Å²) in [6, 6.07) is 13.4. The van der Waals surface area contributed by atoms with Crippen LogP contribution in [0.4, 0.5) is 36.1 Å². The standard InChI is InChI=1S/C24H20F3N3O2/c1-14(31)8-16-4-2-3-5-21(16)30-22-12-23(28-13-20(22)24(25,26)27)29-18-7-6-15-10-19(32)11-17(15)9-18/h2-7,9,12-13H,8,10-11H2,1H3,(H2,28,29,30). The number of hydrogen-bond acceptors (Lipinski definition) is 5. The fraction of sp³-hybridized carbons (Fsp3) is 0.208. The molecular weight excluding hydrogens is 419 g/mol. The fourth-order valence-electron chi connectivity index (χ4n) is 3.74. The molecule has 0 saturated carbocycles. The van der Waals surface area contributed by atoms with Gasteiger partial charge in [0.05, 0.1) is 11.3 Å². The topological polar surface area (TPSA) is 71.1 Å². The van der Waals surface area contributed by atoms with Gasteiger partial charge in [0.2, 0.25) is 0 Å². The van der Waals surface area contributed by atoms with Gasteiger partial charge in [-0.15, -0.1) is 0 Å². The van der Waals surface area contributed by atoms with Crippen LogP contribution < -0.4 is 10.6 Å². The molecule has 4 rings (SSSR count). The molecule has 2 aromatic carbocycles. The molecule has 0 fully saturated rings. The quantitative estimate of drug-likeness (QED) is 0.539. The van der Waals surface area contributed by atoms with Gasteiger partial charge in [-0.1, -0.05) is 24.3 Å². The predicted octanol–water partition coefficient (Wildman–Crippen LogP) is 5.39. The van der Waals surface area contributed by atoms with E-state index in [1.807, 2.05) is 12.1 Å². The second-order valence-electron chi connectivity index (χ2n) is 7.77. The monoisotopic (exact) mass is 439 g/mol. The Bertz CT molecular complexity index is 1210. The molecule has 0 aliphatic heterocycles. The number of rotatable bonds is 6. The van der Waals surface area contributed by atoms with Crippen molar-refractivity contribution in [2.75, 3.05) is 10.6 Å². The van der Waals surface area contributed by atoms with Crippen molar-refractivity contribution in [1.82, 2.24) is 4.98 Å². The lowest BCUT2D eigenvalue weighted by atomic mass is 10.1. The number of anilines is 4. The Balaban J connectivity index is 1.66. The minimum atomic E-state index is -4.61. The van der Waals surface area contributed by atoms with Gasteiger partial charge in [-0.05, 0) is 41.8 Å². The molecule has 2 N–H and O–H groups in total. The number of carbonyl (C=O) groups excluding carboxylic acids is 2. The fourth-order valence-corrected chi connectivity index (χ4v) is 3.74. The number of pyridine rings is 1. The predicted molar refractivity (Wildman–Crippen MR) is 115 cm³/mol. The van der Waals surface area contributed by atoms with Crippen LogP contribution in [0.1, 0.15) is 29.2 Å². The number of Topliss-reactive ketones (excluding diaryl/α,β-unsaturated/α-hetero) is 2. The number of para-hydroxylation sites is 1. The van der Waals surface area contributed by atoms with Gasteiger partial charge >= 0.3 is 6.18 Å². The van der Waals surface area contributed by atoms with Gasteiger partial charge in [0.1, 0.15) is 17.4 Å².